The van der Waals surface area contributed by atoms with Crippen LogP contribution < -0.4 is 0 Å². The fourth-order valence-electron chi connectivity index (χ4n) is 0.722. The Hall–Kier alpha value is -0.0500. The summed E-state index contributed by atoms with van der Waals surface area (Å²) < 4.78 is 1.06. The summed E-state index contributed by atoms with van der Waals surface area (Å²) >= 11 is 2.34. The van der Waals surface area contributed by atoms with Crippen molar-refractivity contribution < 1.29 is 0 Å². The van der Waals surface area contributed by atoms with Crippen molar-refractivity contribution in [3.05, 3.63) is 35.4 Å². The van der Waals surface area contributed by atoms with Crippen LogP contribution in [-0.2, 0) is 4.43 Å². The molecule has 0 heterocycles. The second-order valence-electron chi connectivity index (χ2n) is 2.02. The highest BCUT2D eigenvalue weighted by atomic mass is 127. The van der Waals surface area contributed by atoms with Gasteiger partial charge < -0.3 is 0 Å². The molecule has 0 saturated heterocycles. The maximum absolute atomic E-state index is 3.15. The molecule has 0 saturated carbocycles. The van der Waals surface area contributed by atoms with Gasteiger partial charge in [-0.15, -0.1) is 0 Å². The van der Waals surface area contributed by atoms with Gasteiger partial charge in [-0.25, -0.2) is 0 Å². The maximum atomic E-state index is 3.15. The van der Waals surface area contributed by atoms with Crippen LogP contribution in [0, 0.1) is 13.0 Å². The molecule has 0 spiro atoms. The van der Waals surface area contributed by atoms with Gasteiger partial charge in [0.1, 0.15) is 0 Å². The van der Waals surface area contributed by atoms with E-state index < -0.39 is 0 Å². The number of aryl methyl sites for hydroxylation is 1. The van der Waals surface area contributed by atoms with E-state index in [0.29, 0.717) is 0 Å². The summed E-state index contributed by atoms with van der Waals surface area (Å²) in [6.07, 6.45) is 0. The van der Waals surface area contributed by atoms with Gasteiger partial charge in [0.15, 0.2) is 0 Å². The number of halogens is 1. The molecule has 0 fully saturated rings. The van der Waals surface area contributed by atoms with E-state index in [1.165, 1.54) is 11.1 Å². The number of rotatable bonds is 1. The minimum atomic E-state index is 1.06. The van der Waals surface area contributed by atoms with Crippen molar-refractivity contribution in [3.63, 3.8) is 0 Å². The van der Waals surface area contributed by atoms with E-state index in [2.05, 4.69) is 47.7 Å². The Morgan fingerprint density at radius 3 is 2.89 bits per heavy atom. The molecule has 1 rings (SSSR count). The van der Waals surface area contributed by atoms with Gasteiger partial charge in [-0.1, -0.05) is 46.4 Å². The summed E-state index contributed by atoms with van der Waals surface area (Å²) in [6, 6.07) is 9.35. The number of hydrogen-bond acceptors (Lipinski definition) is 0. The molecular formula is C8H8I. The number of benzene rings is 1. The normalized spacial score (nSPS) is 9.56. The van der Waals surface area contributed by atoms with Crippen molar-refractivity contribution in [2.24, 2.45) is 0 Å². The first-order chi connectivity index (χ1) is 4.33. The Kier molecular flexibility index (Phi) is 2.51. The summed E-state index contributed by atoms with van der Waals surface area (Å²) in [5.41, 5.74) is 2.61. The third kappa shape index (κ3) is 1.97. The Morgan fingerprint density at radius 2 is 2.44 bits per heavy atom. The smallest absolute Gasteiger partial charge is 0.0253 e. The molecule has 0 aliphatic rings. The highest BCUT2D eigenvalue weighted by Gasteiger charge is 1.87. The molecule has 0 unspecified atom stereocenters. The van der Waals surface area contributed by atoms with Gasteiger partial charge in [-0.05, 0) is 18.6 Å². The minimum absolute atomic E-state index is 1.06. The molecule has 0 nitrogen and oxygen atoms in total. The first kappa shape index (κ1) is 7.06. The zero-order valence-corrected chi connectivity index (χ0v) is 7.47. The largest absolute Gasteiger partial charge is 0.0812 e. The molecule has 0 atom stereocenters. The third-order valence-electron chi connectivity index (χ3n) is 1.16. The van der Waals surface area contributed by atoms with Gasteiger partial charge >= 0.3 is 0 Å². The molecule has 0 aliphatic heterocycles. The number of hydrogen-bond donors (Lipinski definition) is 0. The third-order valence-corrected chi connectivity index (χ3v) is 1.98. The standard InChI is InChI=1S/C8H8I/c1-7-3-2-4-8(5-7)6-9/h2-3,5H,6H2,1H3. The minimum Gasteiger partial charge on any atom is -0.0812 e. The van der Waals surface area contributed by atoms with E-state index in [-0.39, 0.29) is 0 Å². The van der Waals surface area contributed by atoms with Crippen molar-refractivity contribution in [1.29, 1.82) is 0 Å². The topological polar surface area (TPSA) is 0 Å². The molecule has 0 amide bonds. The Bertz CT molecular complexity index is 194. The van der Waals surface area contributed by atoms with Crippen LogP contribution in [-0.4, -0.2) is 0 Å². The summed E-state index contributed by atoms with van der Waals surface area (Å²) in [6.45, 7) is 2.10. The van der Waals surface area contributed by atoms with Gasteiger partial charge in [0.25, 0.3) is 0 Å². The van der Waals surface area contributed by atoms with Crippen LogP contribution in [0.1, 0.15) is 11.1 Å². The molecule has 47 valence electrons. The molecule has 1 aromatic carbocycles. The van der Waals surface area contributed by atoms with Gasteiger partial charge in [0.05, 0.1) is 0 Å². The van der Waals surface area contributed by atoms with E-state index in [0.717, 1.165) is 4.43 Å². The zero-order chi connectivity index (χ0) is 6.69. The van der Waals surface area contributed by atoms with Gasteiger partial charge in [0.2, 0.25) is 0 Å². The maximum Gasteiger partial charge on any atom is 0.0253 e. The van der Waals surface area contributed by atoms with E-state index in [9.17, 15) is 0 Å². The fraction of sp³-hybridized carbons (Fsp3) is 0.250. The lowest BCUT2D eigenvalue weighted by molar-refractivity contribution is 1.37. The number of alkyl halides is 1. The highest BCUT2D eigenvalue weighted by Crippen LogP contribution is 2.06. The fourth-order valence-corrected chi connectivity index (χ4v) is 1.16. The predicted molar refractivity (Wildman–Crippen MR) is 47.7 cm³/mol. The summed E-state index contributed by atoms with van der Waals surface area (Å²) in [7, 11) is 0. The summed E-state index contributed by atoms with van der Waals surface area (Å²) in [5, 5.41) is 0. The molecule has 9 heavy (non-hydrogen) atoms. The van der Waals surface area contributed by atoms with Crippen LogP contribution in [0.25, 0.3) is 0 Å². The monoisotopic (exact) mass is 231 g/mol. The van der Waals surface area contributed by atoms with Gasteiger partial charge in [-0.3, -0.25) is 0 Å². The van der Waals surface area contributed by atoms with Gasteiger partial charge in [-0.2, -0.15) is 0 Å². The van der Waals surface area contributed by atoms with Crippen molar-refractivity contribution in [2.45, 2.75) is 11.4 Å². The van der Waals surface area contributed by atoms with Crippen molar-refractivity contribution >= 4 is 22.6 Å². The molecule has 1 radical (unpaired) electrons. The lowest BCUT2D eigenvalue weighted by atomic mass is 10.2. The Balaban J connectivity index is 2.94. The molecule has 1 heteroatoms. The van der Waals surface area contributed by atoms with E-state index in [4.69, 9.17) is 0 Å². The quantitative estimate of drug-likeness (QED) is 0.515. The predicted octanol–water partition coefficient (Wildman–Crippen LogP) is 2.73. The van der Waals surface area contributed by atoms with Crippen LogP contribution in [0.5, 0.6) is 0 Å². The van der Waals surface area contributed by atoms with Crippen LogP contribution in [0.15, 0.2) is 18.2 Å². The van der Waals surface area contributed by atoms with Crippen LogP contribution in [0.3, 0.4) is 0 Å². The van der Waals surface area contributed by atoms with Crippen molar-refractivity contribution in [3.8, 4) is 0 Å². The molecule has 0 aromatic heterocycles. The second-order valence-corrected chi connectivity index (χ2v) is 2.79. The van der Waals surface area contributed by atoms with E-state index >= 15 is 0 Å². The second kappa shape index (κ2) is 3.20. The summed E-state index contributed by atoms with van der Waals surface area (Å²) in [5.74, 6) is 0. The highest BCUT2D eigenvalue weighted by molar-refractivity contribution is 14.1. The SMILES string of the molecule is Cc1cc[c]c(CI)c1. The lowest BCUT2D eigenvalue weighted by Gasteiger charge is -1.93. The van der Waals surface area contributed by atoms with Crippen LogP contribution in [0.4, 0.5) is 0 Å². The first-order valence-corrected chi connectivity index (χ1v) is 4.38. The molecular weight excluding hydrogens is 223 g/mol. The van der Waals surface area contributed by atoms with Gasteiger partial charge in [0, 0.05) is 4.43 Å². The van der Waals surface area contributed by atoms with Crippen LogP contribution >= 0.6 is 22.6 Å². The molecule has 0 bridgehead atoms. The molecule has 0 aliphatic carbocycles. The Labute approximate surface area is 69.4 Å². The van der Waals surface area contributed by atoms with E-state index in [1.807, 2.05) is 6.07 Å². The van der Waals surface area contributed by atoms with Crippen molar-refractivity contribution in [1.82, 2.24) is 0 Å². The lowest BCUT2D eigenvalue weighted by Crippen LogP contribution is -1.77. The van der Waals surface area contributed by atoms with E-state index in [1.54, 1.807) is 0 Å². The first-order valence-electron chi connectivity index (χ1n) is 2.86. The average molecular weight is 231 g/mol. The zero-order valence-electron chi connectivity index (χ0n) is 5.32. The average Bonchev–Trinajstić information content (AvgIpc) is 1.88. The molecule has 1 aromatic rings. The molecule has 0 N–H and O–H groups in total. The summed E-state index contributed by atoms with van der Waals surface area (Å²) in [4.78, 5) is 0. The van der Waals surface area contributed by atoms with Crippen LogP contribution in [0.2, 0.25) is 0 Å². The van der Waals surface area contributed by atoms with Crippen molar-refractivity contribution in [2.75, 3.05) is 0 Å². The Morgan fingerprint density at radius 1 is 1.67 bits per heavy atom.